The van der Waals surface area contributed by atoms with E-state index in [4.69, 9.17) is 5.26 Å². The molecule has 3 nitrogen and oxygen atoms in total. The van der Waals surface area contributed by atoms with Crippen LogP contribution in [0.3, 0.4) is 0 Å². The molecule has 0 amide bonds. The molecule has 0 bridgehead atoms. The molecular weight excluding hydrogens is 238 g/mol. The lowest BCUT2D eigenvalue weighted by Gasteiger charge is -2.06. The third kappa shape index (κ3) is 2.43. The summed E-state index contributed by atoms with van der Waals surface area (Å²) in [6, 6.07) is 7.75. The van der Waals surface area contributed by atoms with E-state index in [1.54, 1.807) is 6.07 Å². The van der Waals surface area contributed by atoms with Gasteiger partial charge in [0.25, 0.3) is 5.56 Å². The summed E-state index contributed by atoms with van der Waals surface area (Å²) in [6.45, 7) is 0.0169. The molecule has 0 N–H and O–H groups in total. The Labute approximate surface area is 102 Å². The Balaban J connectivity index is 2.41. The average molecular weight is 246 g/mol. The van der Waals surface area contributed by atoms with Crippen molar-refractivity contribution in [2.75, 3.05) is 0 Å². The maximum Gasteiger partial charge on any atom is 0.268 e. The van der Waals surface area contributed by atoms with Gasteiger partial charge in [0.2, 0.25) is 0 Å². The first-order valence-electron chi connectivity index (χ1n) is 5.14. The lowest BCUT2D eigenvalue weighted by Crippen LogP contribution is -2.22. The fourth-order valence-electron chi connectivity index (χ4n) is 1.65. The van der Waals surface area contributed by atoms with Crippen molar-refractivity contribution in [1.29, 1.82) is 5.26 Å². The highest BCUT2D eigenvalue weighted by molar-refractivity contribution is 5.26. The van der Waals surface area contributed by atoms with Crippen molar-refractivity contribution in [2.45, 2.75) is 6.54 Å². The number of rotatable bonds is 2. The minimum atomic E-state index is -0.700. The summed E-state index contributed by atoms with van der Waals surface area (Å²) in [5, 5.41) is 8.71. The Kier molecular flexibility index (Phi) is 3.20. The molecule has 0 unspecified atom stereocenters. The van der Waals surface area contributed by atoms with Crippen LogP contribution in [0.25, 0.3) is 0 Å². The van der Waals surface area contributed by atoms with E-state index in [1.165, 1.54) is 22.9 Å². The van der Waals surface area contributed by atoms with Gasteiger partial charge in [-0.15, -0.1) is 0 Å². The average Bonchev–Trinajstić information content (AvgIpc) is 2.30. The van der Waals surface area contributed by atoms with E-state index >= 15 is 0 Å². The number of nitrogens with zero attached hydrogens (tertiary/aromatic N) is 2. The van der Waals surface area contributed by atoms with Gasteiger partial charge in [0.15, 0.2) is 0 Å². The van der Waals surface area contributed by atoms with Gasteiger partial charge >= 0.3 is 0 Å². The molecule has 18 heavy (non-hydrogen) atoms. The minimum absolute atomic E-state index is 0.00521. The number of nitriles is 1. The summed E-state index contributed by atoms with van der Waals surface area (Å²) < 4.78 is 27.2. The highest BCUT2D eigenvalue weighted by Gasteiger charge is 2.05. The van der Waals surface area contributed by atoms with Crippen LogP contribution in [0.5, 0.6) is 0 Å². The third-order valence-electron chi connectivity index (χ3n) is 2.42. The first-order valence-corrected chi connectivity index (χ1v) is 5.14. The molecule has 0 radical (unpaired) electrons. The van der Waals surface area contributed by atoms with Gasteiger partial charge in [-0.3, -0.25) is 4.79 Å². The zero-order valence-corrected chi connectivity index (χ0v) is 9.23. The highest BCUT2D eigenvalue weighted by atomic mass is 19.1. The number of pyridine rings is 1. The molecule has 0 spiro atoms. The van der Waals surface area contributed by atoms with E-state index in [0.717, 1.165) is 18.2 Å². The van der Waals surface area contributed by atoms with Crippen molar-refractivity contribution < 1.29 is 8.78 Å². The Morgan fingerprint density at radius 1 is 1.22 bits per heavy atom. The van der Waals surface area contributed by atoms with Crippen molar-refractivity contribution in [3.05, 3.63) is 69.6 Å². The predicted molar refractivity (Wildman–Crippen MR) is 60.9 cm³/mol. The van der Waals surface area contributed by atoms with Gasteiger partial charge in [-0.25, -0.2) is 8.78 Å². The lowest BCUT2D eigenvalue weighted by atomic mass is 10.2. The molecule has 0 aliphatic carbocycles. The van der Waals surface area contributed by atoms with E-state index in [1.807, 2.05) is 0 Å². The topological polar surface area (TPSA) is 45.8 Å². The molecule has 0 saturated heterocycles. The molecule has 0 aliphatic heterocycles. The van der Waals surface area contributed by atoms with Crippen LogP contribution < -0.4 is 5.56 Å². The van der Waals surface area contributed by atoms with Crippen LogP contribution in [0.2, 0.25) is 0 Å². The molecule has 0 atom stereocenters. The summed E-state index contributed by atoms with van der Waals surface area (Å²) in [4.78, 5) is 11.7. The van der Waals surface area contributed by atoms with E-state index in [2.05, 4.69) is 0 Å². The highest BCUT2D eigenvalue weighted by Crippen LogP contribution is 2.09. The fraction of sp³-hybridized carbons (Fsp3) is 0.0769. The molecule has 1 aromatic carbocycles. The number of benzene rings is 1. The SMILES string of the molecule is N#Cc1cccn(Cc2cc(F)cc(F)c2)c1=O. The van der Waals surface area contributed by atoms with E-state index in [9.17, 15) is 13.6 Å². The van der Waals surface area contributed by atoms with Crippen LogP contribution in [0.4, 0.5) is 8.78 Å². The summed E-state index contributed by atoms with van der Waals surface area (Å²) >= 11 is 0. The molecule has 0 fully saturated rings. The maximum atomic E-state index is 13.0. The van der Waals surface area contributed by atoms with Gasteiger partial charge in [-0.1, -0.05) is 0 Å². The zero-order chi connectivity index (χ0) is 13.1. The van der Waals surface area contributed by atoms with Crippen LogP contribution in [0, 0.1) is 23.0 Å². The van der Waals surface area contributed by atoms with Crippen molar-refractivity contribution in [2.24, 2.45) is 0 Å². The van der Waals surface area contributed by atoms with Crippen molar-refractivity contribution >= 4 is 0 Å². The second kappa shape index (κ2) is 4.80. The van der Waals surface area contributed by atoms with Crippen molar-refractivity contribution in [3.8, 4) is 6.07 Å². The summed E-state index contributed by atoms with van der Waals surface area (Å²) in [5.41, 5.74) is -0.163. The van der Waals surface area contributed by atoms with Gasteiger partial charge in [0.1, 0.15) is 23.3 Å². The summed E-state index contributed by atoms with van der Waals surface area (Å²) in [6.07, 6.45) is 1.46. The first-order chi connectivity index (χ1) is 8.60. The molecule has 90 valence electrons. The number of aromatic nitrogens is 1. The smallest absolute Gasteiger partial charge is 0.268 e. The number of hydrogen-bond donors (Lipinski definition) is 0. The fourth-order valence-corrected chi connectivity index (χ4v) is 1.65. The molecule has 2 rings (SSSR count). The molecule has 1 heterocycles. The standard InChI is InChI=1S/C13H8F2N2O/c14-11-4-9(5-12(15)6-11)8-17-3-1-2-10(7-16)13(17)18/h1-6H,8H2. The van der Waals surface area contributed by atoms with Gasteiger partial charge < -0.3 is 4.57 Å². The van der Waals surface area contributed by atoms with Crippen LogP contribution in [0.15, 0.2) is 41.3 Å². The van der Waals surface area contributed by atoms with E-state index in [0.29, 0.717) is 5.56 Å². The largest absolute Gasteiger partial charge is 0.310 e. The lowest BCUT2D eigenvalue weighted by molar-refractivity contribution is 0.577. The van der Waals surface area contributed by atoms with Crippen molar-refractivity contribution in [3.63, 3.8) is 0 Å². The summed E-state index contributed by atoms with van der Waals surface area (Å²) in [5.74, 6) is -1.40. The number of halogens is 2. The third-order valence-corrected chi connectivity index (χ3v) is 2.42. The number of hydrogen-bond acceptors (Lipinski definition) is 2. The van der Waals surface area contributed by atoms with Gasteiger partial charge in [-0.2, -0.15) is 5.26 Å². The molecule has 2 aromatic rings. The molecular formula is C13H8F2N2O. The second-order valence-corrected chi connectivity index (χ2v) is 3.74. The van der Waals surface area contributed by atoms with Gasteiger partial charge in [-0.05, 0) is 29.8 Å². The van der Waals surface area contributed by atoms with E-state index < -0.39 is 17.2 Å². The van der Waals surface area contributed by atoms with E-state index in [-0.39, 0.29) is 12.1 Å². The van der Waals surface area contributed by atoms with Gasteiger partial charge in [0, 0.05) is 12.3 Å². The van der Waals surface area contributed by atoms with Crippen LogP contribution in [0.1, 0.15) is 11.1 Å². The molecule has 0 aliphatic rings. The molecule has 5 heteroatoms. The van der Waals surface area contributed by atoms with Crippen LogP contribution in [-0.2, 0) is 6.54 Å². The predicted octanol–water partition coefficient (Wildman–Crippen LogP) is 2.05. The van der Waals surface area contributed by atoms with Crippen molar-refractivity contribution in [1.82, 2.24) is 4.57 Å². The monoisotopic (exact) mass is 246 g/mol. The Hall–Kier alpha value is -2.48. The van der Waals surface area contributed by atoms with Crippen LogP contribution in [-0.4, -0.2) is 4.57 Å². The van der Waals surface area contributed by atoms with Gasteiger partial charge in [0.05, 0.1) is 6.54 Å². The minimum Gasteiger partial charge on any atom is -0.310 e. The Morgan fingerprint density at radius 3 is 2.50 bits per heavy atom. The maximum absolute atomic E-state index is 13.0. The Morgan fingerprint density at radius 2 is 1.89 bits per heavy atom. The second-order valence-electron chi connectivity index (χ2n) is 3.74. The summed E-state index contributed by atoms with van der Waals surface area (Å²) in [7, 11) is 0. The first kappa shape index (κ1) is 12.0. The Bertz CT molecular complexity index is 666. The normalized spacial score (nSPS) is 10.1. The quantitative estimate of drug-likeness (QED) is 0.814. The molecule has 0 saturated carbocycles. The molecule has 1 aromatic heterocycles. The van der Waals surface area contributed by atoms with Crippen LogP contribution >= 0.6 is 0 Å². The zero-order valence-electron chi connectivity index (χ0n) is 9.23.